The van der Waals surface area contributed by atoms with E-state index in [0.717, 1.165) is 6.33 Å². The molecule has 0 saturated heterocycles. The van der Waals surface area contributed by atoms with Gasteiger partial charge in [-0.25, -0.2) is 0 Å². The average Bonchev–Trinajstić information content (AvgIpc) is 2.17. The van der Waals surface area contributed by atoms with Crippen molar-refractivity contribution in [2.24, 2.45) is 0 Å². The lowest BCUT2D eigenvalue weighted by Crippen LogP contribution is -2.20. The van der Waals surface area contributed by atoms with Crippen LogP contribution in [0.25, 0.3) is 0 Å². The molecular weight excluding hydrogens is 239 g/mol. The zero-order valence-electron chi connectivity index (χ0n) is 9.28. The van der Waals surface area contributed by atoms with Gasteiger partial charge in [-0.15, -0.1) is 0 Å². The second-order valence-corrected chi connectivity index (χ2v) is 3.47. The number of anilines is 1. The van der Waals surface area contributed by atoms with E-state index in [1.165, 1.54) is 0 Å². The first-order chi connectivity index (χ1) is 7.79. The number of nitrogens with two attached hydrogens (primary N) is 1. The smallest absolute Gasteiger partial charge is 0.422 e. The average molecular weight is 251 g/mol. The monoisotopic (exact) mass is 251 g/mol. The molecule has 0 aromatic carbocycles. The van der Waals surface area contributed by atoms with Crippen LogP contribution in [0.3, 0.4) is 0 Å². The van der Waals surface area contributed by atoms with Crippen molar-refractivity contribution in [2.45, 2.75) is 26.1 Å². The maximum atomic E-state index is 11.9. The minimum atomic E-state index is -4.45. The Morgan fingerprint density at radius 2 is 1.88 bits per heavy atom. The highest BCUT2D eigenvalue weighted by molar-refractivity contribution is 5.55. The van der Waals surface area contributed by atoms with Crippen LogP contribution in [0.1, 0.15) is 13.8 Å². The van der Waals surface area contributed by atoms with E-state index in [1.54, 1.807) is 13.8 Å². The summed E-state index contributed by atoms with van der Waals surface area (Å²) in [6.45, 7) is 2.00. The van der Waals surface area contributed by atoms with Gasteiger partial charge in [-0.3, -0.25) is 0 Å². The first kappa shape index (κ1) is 13.3. The SMILES string of the molecule is CC(C)Oc1ncnc(OCC(F)(F)F)c1N. The summed E-state index contributed by atoms with van der Waals surface area (Å²) in [5.41, 5.74) is 5.37. The first-order valence-electron chi connectivity index (χ1n) is 4.76. The normalized spacial score (nSPS) is 11.6. The van der Waals surface area contributed by atoms with Gasteiger partial charge >= 0.3 is 6.18 Å². The van der Waals surface area contributed by atoms with Crippen LogP contribution < -0.4 is 15.2 Å². The maximum absolute atomic E-state index is 11.9. The molecule has 5 nitrogen and oxygen atoms in total. The van der Waals surface area contributed by atoms with Crippen LogP contribution in [0.2, 0.25) is 0 Å². The molecule has 1 aromatic rings. The second-order valence-electron chi connectivity index (χ2n) is 3.47. The Labute approximate surface area is 95.8 Å². The van der Waals surface area contributed by atoms with Gasteiger partial charge in [0.1, 0.15) is 6.33 Å². The van der Waals surface area contributed by atoms with Gasteiger partial charge in [0.2, 0.25) is 11.8 Å². The molecular formula is C9H12F3N3O2. The molecule has 17 heavy (non-hydrogen) atoms. The second kappa shape index (κ2) is 5.07. The number of nitrogen functional groups attached to an aromatic ring is 1. The summed E-state index contributed by atoms with van der Waals surface area (Å²) in [7, 11) is 0. The molecule has 0 aliphatic rings. The Morgan fingerprint density at radius 3 is 2.41 bits per heavy atom. The van der Waals surface area contributed by atoms with Gasteiger partial charge in [0.05, 0.1) is 6.10 Å². The zero-order valence-corrected chi connectivity index (χ0v) is 9.28. The van der Waals surface area contributed by atoms with Crippen molar-refractivity contribution < 1.29 is 22.6 Å². The molecule has 1 heterocycles. The Balaban J connectivity index is 2.80. The van der Waals surface area contributed by atoms with Crippen LogP contribution in [0.4, 0.5) is 18.9 Å². The molecule has 0 fully saturated rings. The Bertz CT molecular complexity index is 382. The van der Waals surface area contributed by atoms with Crippen LogP contribution >= 0.6 is 0 Å². The standard InChI is InChI=1S/C9H12F3N3O2/c1-5(2)17-8-6(13)7(14-4-15-8)16-3-9(10,11)12/h4-5H,3,13H2,1-2H3. The predicted octanol–water partition coefficient (Wildman–Crippen LogP) is 1.79. The molecule has 0 spiro atoms. The molecule has 0 amide bonds. The molecule has 0 atom stereocenters. The Hall–Kier alpha value is -1.73. The van der Waals surface area contributed by atoms with Crippen molar-refractivity contribution >= 4 is 5.69 Å². The third kappa shape index (κ3) is 4.33. The predicted molar refractivity (Wildman–Crippen MR) is 53.8 cm³/mol. The minimum Gasteiger partial charge on any atom is -0.473 e. The number of alkyl halides is 3. The van der Waals surface area contributed by atoms with Crippen molar-refractivity contribution in [3.63, 3.8) is 0 Å². The fourth-order valence-electron chi connectivity index (χ4n) is 0.947. The lowest BCUT2D eigenvalue weighted by molar-refractivity contribution is -0.154. The number of halogens is 3. The fourth-order valence-corrected chi connectivity index (χ4v) is 0.947. The first-order valence-corrected chi connectivity index (χ1v) is 4.76. The number of hydrogen-bond donors (Lipinski definition) is 1. The Morgan fingerprint density at radius 1 is 1.29 bits per heavy atom. The van der Waals surface area contributed by atoms with Gasteiger partial charge in [0, 0.05) is 0 Å². The topological polar surface area (TPSA) is 70.3 Å². The lowest BCUT2D eigenvalue weighted by Gasteiger charge is -2.13. The summed E-state index contributed by atoms with van der Waals surface area (Å²) in [4.78, 5) is 7.21. The van der Waals surface area contributed by atoms with E-state index in [1.807, 2.05) is 0 Å². The molecule has 1 aromatic heterocycles. The van der Waals surface area contributed by atoms with Gasteiger partial charge in [-0.1, -0.05) is 0 Å². The molecule has 0 bridgehead atoms. The van der Waals surface area contributed by atoms with Gasteiger partial charge in [-0.05, 0) is 13.8 Å². The molecule has 0 aliphatic carbocycles. The summed E-state index contributed by atoms with van der Waals surface area (Å²) in [5.74, 6) is -0.333. The van der Waals surface area contributed by atoms with E-state index in [2.05, 4.69) is 14.7 Å². The van der Waals surface area contributed by atoms with Crippen LogP contribution in [0.5, 0.6) is 11.8 Å². The number of ether oxygens (including phenoxy) is 2. The summed E-state index contributed by atoms with van der Waals surface area (Å²) in [6.07, 6.45) is -3.63. The van der Waals surface area contributed by atoms with Gasteiger partial charge in [0.25, 0.3) is 0 Å². The summed E-state index contributed by atoms with van der Waals surface area (Å²) in [6, 6.07) is 0. The molecule has 0 unspecified atom stereocenters. The third-order valence-corrected chi connectivity index (χ3v) is 1.53. The Kier molecular flexibility index (Phi) is 3.97. The van der Waals surface area contributed by atoms with E-state index in [4.69, 9.17) is 10.5 Å². The van der Waals surface area contributed by atoms with Gasteiger partial charge in [-0.2, -0.15) is 23.1 Å². The van der Waals surface area contributed by atoms with Crippen LogP contribution in [0, 0.1) is 0 Å². The van der Waals surface area contributed by atoms with Crippen LogP contribution in [0.15, 0.2) is 6.33 Å². The fraction of sp³-hybridized carbons (Fsp3) is 0.556. The highest BCUT2D eigenvalue weighted by Gasteiger charge is 2.29. The molecule has 0 radical (unpaired) electrons. The van der Waals surface area contributed by atoms with E-state index in [0.29, 0.717) is 0 Å². The highest BCUT2D eigenvalue weighted by Crippen LogP contribution is 2.28. The number of aromatic nitrogens is 2. The van der Waals surface area contributed by atoms with Crippen molar-refractivity contribution in [1.82, 2.24) is 9.97 Å². The lowest BCUT2D eigenvalue weighted by atomic mass is 10.4. The van der Waals surface area contributed by atoms with Crippen molar-refractivity contribution in [3.05, 3.63) is 6.33 Å². The minimum absolute atomic E-state index is 0.00664. The van der Waals surface area contributed by atoms with Gasteiger partial charge in [0.15, 0.2) is 12.3 Å². The molecule has 1 rings (SSSR count). The summed E-state index contributed by atoms with van der Waals surface area (Å²) in [5, 5.41) is 0. The largest absolute Gasteiger partial charge is 0.473 e. The summed E-state index contributed by atoms with van der Waals surface area (Å²) < 4.78 is 45.5. The van der Waals surface area contributed by atoms with Crippen LogP contribution in [-0.2, 0) is 0 Å². The van der Waals surface area contributed by atoms with Crippen molar-refractivity contribution in [2.75, 3.05) is 12.3 Å². The van der Waals surface area contributed by atoms with E-state index >= 15 is 0 Å². The van der Waals surface area contributed by atoms with E-state index in [-0.39, 0.29) is 23.6 Å². The molecule has 0 aliphatic heterocycles. The number of hydrogen-bond acceptors (Lipinski definition) is 5. The third-order valence-electron chi connectivity index (χ3n) is 1.53. The maximum Gasteiger partial charge on any atom is 0.422 e. The molecule has 8 heteroatoms. The number of rotatable bonds is 4. The van der Waals surface area contributed by atoms with Gasteiger partial charge < -0.3 is 15.2 Å². The summed E-state index contributed by atoms with van der Waals surface area (Å²) >= 11 is 0. The molecule has 96 valence electrons. The quantitative estimate of drug-likeness (QED) is 0.883. The van der Waals surface area contributed by atoms with Crippen molar-refractivity contribution in [3.8, 4) is 11.8 Å². The molecule has 0 saturated carbocycles. The number of nitrogens with zero attached hydrogens (tertiary/aromatic N) is 2. The molecule has 2 N–H and O–H groups in total. The van der Waals surface area contributed by atoms with Crippen molar-refractivity contribution in [1.29, 1.82) is 0 Å². The van der Waals surface area contributed by atoms with E-state index < -0.39 is 12.8 Å². The van der Waals surface area contributed by atoms with E-state index in [9.17, 15) is 13.2 Å². The van der Waals surface area contributed by atoms with Crippen LogP contribution in [-0.4, -0.2) is 28.9 Å². The zero-order chi connectivity index (χ0) is 13.1. The highest BCUT2D eigenvalue weighted by atomic mass is 19.4.